The molecule has 2 aliphatic carbocycles. The van der Waals surface area contributed by atoms with Gasteiger partial charge in [0, 0.05) is 44.9 Å². The number of hydrogen-bond acceptors (Lipinski definition) is 3. The zero-order chi connectivity index (χ0) is 37.3. The topological polar surface area (TPSA) is 19.6 Å². The van der Waals surface area contributed by atoms with Crippen LogP contribution in [0.25, 0.3) is 33.1 Å². The van der Waals surface area contributed by atoms with E-state index in [2.05, 4.69) is 174 Å². The van der Waals surface area contributed by atoms with Crippen molar-refractivity contribution in [2.45, 2.75) is 51.4 Å². The van der Waals surface area contributed by atoms with Crippen LogP contribution in [0.3, 0.4) is 0 Å². The molecule has 0 amide bonds. The summed E-state index contributed by atoms with van der Waals surface area (Å²) in [5.74, 6) is 2.94. The maximum atomic E-state index is 6.21. The molecule has 7 aromatic carbocycles. The van der Waals surface area contributed by atoms with Gasteiger partial charge in [-0.2, -0.15) is 0 Å². The first kappa shape index (κ1) is 34.4. The Morgan fingerprint density at radius 1 is 0.429 bits per heavy atom. The Kier molecular flexibility index (Phi) is 9.36. The van der Waals surface area contributed by atoms with E-state index in [1.165, 1.54) is 68.1 Å². The van der Waals surface area contributed by atoms with E-state index < -0.39 is 0 Å². The van der Waals surface area contributed by atoms with Crippen molar-refractivity contribution in [2.24, 2.45) is 17.8 Å². The Hall–Kier alpha value is -6.06. The average molecular weight is 729 g/mol. The molecule has 276 valence electrons. The molecule has 0 N–H and O–H groups in total. The van der Waals surface area contributed by atoms with Gasteiger partial charge in [-0.05, 0) is 145 Å². The molecule has 10 rings (SSSR count). The molecule has 56 heavy (non-hydrogen) atoms. The number of anilines is 6. The van der Waals surface area contributed by atoms with Crippen molar-refractivity contribution in [1.29, 1.82) is 0 Å². The van der Waals surface area contributed by atoms with Crippen LogP contribution in [-0.2, 0) is 6.42 Å². The van der Waals surface area contributed by atoms with E-state index in [0.29, 0.717) is 0 Å². The van der Waals surface area contributed by atoms with Gasteiger partial charge in [0.15, 0.2) is 0 Å². The first-order valence-corrected chi connectivity index (χ1v) is 20.6. The first-order valence-electron chi connectivity index (χ1n) is 20.6. The summed E-state index contributed by atoms with van der Waals surface area (Å²) in [7, 11) is 0. The van der Waals surface area contributed by atoms with Gasteiger partial charge in [-0.3, -0.25) is 0 Å². The molecule has 2 atom stereocenters. The maximum Gasteiger partial charge on any atom is 0.135 e. The normalized spacial score (nSPS) is 17.9. The molecule has 2 fully saturated rings. The number of hydrogen-bond donors (Lipinski definition) is 0. The van der Waals surface area contributed by atoms with E-state index in [1.54, 1.807) is 0 Å². The third kappa shape index (κ3) is 6.99. The van der Waals surface area contributed by atoms with Crippen molar-refractivity contribution < 1.29 is 4.42 Å². The van der Waals surface area contributed by atoms with E-state index in [-0.39, 0.29) is 0 Å². The van der Waals surface area contributed by atoms with E-state index in [0.717, 1.165) is 73.8 Å². The highest BCUT2D eigenvalue weighted by Crippen LogP contribution is 2.45. The van der Waals surface area contributed by atoms with Crippen molar-refractivity contribution in [3.63, 3.8) is 0 Å². The molecule has 2 unspecified atom stereocenters. The van der Waals surface area contributed by atoms with Crippen LogP contribution >= 0.6 is 0 Å². The fourth-order valence-corrected chi connectivity index (χ4v) is 9.82. The highest BCUT2D eigenvalue weighted by molar-refractivity contribution is 6.06. The number of benzene rings is 7. The van der Waals surface area contributed by atoms with Gasteiger partial charge in [0.2, 0.25) is 0 Å². The second-order valence-corrected chi connectivity index (χ2v) is 16.2. The fraction of sp³-hybridized carbons (Fsp3) is 0.208. The molecule has 0 radical (unpaired) electrons. The molecule has 1 heterocycles. The minimum Gasteiger partial charge on any atom is -0.456 e. The second kappa shape index (κ2) is 15.2. The molecular weight excluding hydrogens is 681 g/mol. The molecule has 3 heteroatoms. The van der Waals surface area contributed by atoms with Gasteiger partial charge in [-0.15, -0.1) is 0 Å². The lowest BCUT2D eigenvalue weighted by Gasteiger charge is -2.39. The van der Waals surface area contributed by atoms with E-state index in [4.69, 9.17) is 4.42 Å². The number of furan rings is 1. The van der Waals surface area contributed by atoms with Crippen molar-refractivity contribution >= 4 is 56.1 Å². The summed E-state index contributed by atoms with van der Waals surface area (Å²) >= 11 is 0. The summed E-state index contributed by atoms with van der Waals surface area (Å²) < 4.78 is 6.21. The van der Waals surface area contributed by atoms with Crippen molar-refractivity contribution in [1.82, 2.24) is 0 Å². The Balaban J connectivity index is 0.943. The fourth-order valence-electron chi connectivity index (χ4n) is 9.82. The van der Waals surface area contributed by atoms with Gasteiger partial charge in [0.1, 0.15) is 11.2 Å². The minimum atomic E-state index is 0.891. The monoisotopic (exact) mass is 728 g/mol. The summed E-state index contributed by atoms with van der Waals surface area (Å²) in [5.41, 5.74) is 12.3. The highest BCUT2D eigenvalue weighted by Gasteiger charge is 2.31. The largest absolute Gasteiger partial charge is 0.456 e. The Bertz CT molecular complexity index is 2540. The summed E-state index contributed by atoms with van der Waals surface area (Å²) in [6.45, 7) is 0. The summed E-state index contributed by atoms with van der Waals surface area (Å²) in [6.07, 6.45) is 11.4. The Labute approximate surface area is 330 Å². The van der Waals surface area contributed by atoms with E-state index in [1.807, 2.05) is 12.1 Å². The van der Waals surface area contributed by atoms with Crippen LogP contribution in [0.1, 0.15) is 50.5 Å². The van der Waals surface area contributed by atoms with Crippen LogP contribution in [0.5, 0.6) is 0 Å². The number of aryl methyl sites for hydroxylation is 1. The third-order valence-electron chi connectivity index (χ3n) is 12.5. The zero-order valence-corrected chi connectivity index (χ0v) is 31.9. The molecule has 0 spiro atoms. The Morgan fingerprint density at radius 3 is 1.62 bits per heavy atom. The van der Waals surface area contributed by atoms with Crippen LogP contribution < -0.4 is 9.80 Å². The van der Waals surface area contributed by atoms with Gasteiger partial charge < -0.3 is 14.2 Å². The minimum absolute atomic E-state index is 0.891. The molecule has 2 aliphatic rings. The molecule has 2 saturated carbocycles. The van der Waals surface area contributed by atoms with Crippen LogP contribution in [0.4, 0.5) is 34.1 Å². The van der Waals surface area contributed by atoms with Gasteiger partial charge >= 0.3 is 0 Å². The van der Waals surface area contributed by atoms with Gasteiger partial charge in [0.05, 0.1) is 0 Å². The first-order chi connectivity index (χ1) is 27.7. The smallest absolute Gasteiger partial charge is 0.135 e. The van der Waals surface area contributed by atoms with Crippen LogP contribution in [-0.4, -0.2) is 0 Å². The predicted octanol–water partition coefficient (Wildman–Crippen LogP) is 15.3. The standard InChI is InChI=1S/C53H48N2O/c1-3-13-44(14-4-1)54(46-29-27-43(28-30-46)42-25-23-38(24-26-42)21-22-41-34-39-11-9-12-40(33-39)35-41)47-17-10-18-48(36-47)55(45-15-5-2-6-16-45)49-31-32-53-51(37-49)50-19-7-8-20-52(50)56-53/h1-8,10,13-20,23-32,36-37,39-41H,9,11-12,21-22,33-35H2. The van der Waals surface area contributed by atoms with Crippen molar-refractivity contribution in [3.05, 3.63) is 181 Å². The van der Waals surface area contributed by atoms with Crippen LogP contribution in [0, 0.1) is 17.8 Å². The lowest BCUT2D eigenvalue weighted by Crippen LogP contribution is -2.27. The van der Waals surface area contributed by atoms with Crippen LogP contribution in [0.2, 0.25) is 0 Å². The van der Waals surface area contributed by atoms with Crippen molar-refractivity contribution in [3.8, 4) is 11.1 Å². The third-order valence-corrected chi connectivity index (χ3v) is 12.5. The molecule has 8 aromatic rings. The summed E-state index contributed by atoms with van der Waals surface area (Å²) in [4.78, 5) is 4.69. The molecule has 3 nitrogen and oxygen atoms in total. The lowest BCUT2D eigenvalue weighted by atomic mass is 9.67. The quantitative estimate of drug-likeness (QED) is 0.140. The number of nitrogens with zero attached hydrogens (tertiary/aromatic N) is 2. The SMILES string of the molecule is c1ccc(N(c2ccc(-c3ccc(CCC4CC5CCCC(C5)C4)cc3)cc2)c2cccc(N(c3ccccc3)c3ccc4oc5ccccc5c4c3)c2)cc1. The summed E-state index contributed by atoms with van der Waals surface area (Å²) in [5, 5.41) is 2.23. The maximum absolute atomic E-state index is 6.21. The predicted molar refractivity (Wildman–Crippen MR) is 235 cm³/mol. The molecule has 0 saturated heterocycles. The molecule has 1 aromatic heterocycles. The molecule has 0 aliphatic heterocycles. The van der Waals surface area contributed by atoms with Gasteiger partial charge in [0.25, 0.3) is 0 Å². The number of para-hydroxylation sites is 3. The van der Waals surface area contributed by atoms with Gasteiger partial charge in [-0.1, -0.05) is 116 Å². The second-order valence-electron chi connectivity index (χ2n) is 16.2. The summed E-state index contributed by atoms with van der Waals surface area (Å²) in [6, 6.07) is 63.4. The molecular formula is C53H48N2O. The van der Waals surface area contributed by atoms with E-state index >= 15 is 0 Å². The zero-order valence-electron chi connectivity index (χ0n) is 31.9. The van der Waals surface area contributed by atoms with Crippen molar-refractivity contribution in [2.75, 3.05) is 9.80 Å². The lowest BCUT2D eigenvalue weighted by molar-refractivity contribution is 0.132. The molecule has 2 bridgehead atoms. The number of rotatable bonds is 10. The highest BCUT2D eigenvalue weighted by atomic mass is 16.3. The Morgan fingerprint density at radius 2 is 0.946 bits per heavy atom. The van der Waals surface area contributed by atoms with E-state index in [9.17, 15) is 0 Å². The number of fused-ring (bicyclic) bond motifs is 5. The van der Waals surface area contributed by atoms with Gasteiger partial charge in [-0.25, -0.2) is 0 Å². The average Bonchev–Trinajstić information content (AvgIpc) is 3.63. The van der Waals surface area contributed by atoms with Crippen LogP contribution in [0.15, 0.2) is 180 Å².